The second kappa shape index (κ2) is 8.35. The second-order valence-corrected chi connectivity index (χ2v) is 7.88. The summed E-state index contributed by atoms with van der Waals surface area (Å²) in [6.45, 7) is 10.2. The van der Waals surface area contributed by atoms with E-state index in [9.17, 15) is 4.79 Å². The molecule has 0 spiro atoms. The molecule has 0 atom stereocenters. The van der Waals surface area contributed by atoms with Crippen molar-refractivity contribution in [3.8, 4) is 0 Å². The summed E-state index contributed by atoms with van der Waals surface area (Å²) in [7, 11) is 2.17. The summed E-state index contributed by atoms with van der Waals surface area (Å²) in [4.78, 5) is 22.3. The average molecular weight is 392 g/mol. The van der Waals surface area contributed by atoms with E-state index in [1.165, 1.54) is 0 Å². The number of piperazine rings is 1. The van der Waals surface area contributed by atoms with Crippen LogP contribution >= 0.6 is 0 Å². The van der Waals surface area contributed by atoms with Gasteiger partial charge in [-0.2, -0.15) is 0 Å². The Morgan fingerprint density at radius 2 is 1.90 bits per heavy atom. The van der Waals surface area contributed by atoms with Crippen LogP contribution in [0.1, 0.15) is 28.7 Å². The minimum Gasteiger partial charge on any atom is -0.327 e. The summed E-state index contributed by atoms with van der Waals surface area (Å²) < 4.78 is 2.28. The summed E-state index contributed by atoms with van der Waals surface area (Å²) in [5.74, 6) is 0.995. The maximum absolute atomic E-state index is 12.6. The average Bonchev–Trinajstić information content (AvgIpc) is 3.05. The molecule has 0 saturated carbocycles. The number of fused-ring (bicyclic) bond motifs is 1. The van der Waals surface area contributed by atoms with Crippen LogP contribution in [0.4, 0.5) is 5.69 Å². The minimum absolute atomic E-state index is 0.0966. The second-order valence-electron chi connectivity index (χ2n) is 7.88. The van der Waals surface area contributed by atoms with E-state index < -0.39 is 0 Å². The monoisotopic (exact) mass is 391 g/mol. The SMILES string of the molecule is CCn1c(CN2CCN(C)CC2)nc2cc(NC(=O)c3cccc(C)c3)ccc21. The normalized spacial score (nSPS) is 15.7. The van der Waals surface area contributed by atoms with Crippen LogP contribution in [-0.4, -0.2) is 58.5 Å². The van der Waals surface area contributed by atoms with Crippen molar-refractivity contribution in [2.75, 3.05) is 38.5 Å². The van der Waals surface area contributed by atoms with Crippen LogP contribution in [-0.2, 0) is 13.1 Å². The molecule has 1 aliphatic rings. The Bertz CT molecular complexity index is 1020. The van der Waals surface area contributed by atoms with Gasteiger partial charge in [-0.1, -0.05) is 17.7 Å². The molecule has 0 unspecified atom stereocenters. The number of carbonyl (C=O) groups is 1. The van der Waals surface area contributed by atoms with Crippen molar-refractivity contribution >= 4 is 22.6 Å². The number of likely N-dealkylation sites (N-methyl/N-ethyl adjacent to an activating group) is 1. The molecule has 1 fully saturated rings. The third kappa shape index (κ3) is 4.33. The number of rotatable bonds is 5. The summed E-state index contributed by atoms with van der Waals surface area (Å²) in [6.07, 6.45) is 0. The van der Waals surface area contributed by atoms with E-state index in [1.807, 2.05) is 43.3 Å². The summed E-state index contributed by atoms with van der Waals surface area (Å²) in [6, 6.07) is 13.6. The Morgan fingerprint density at radius 1 is 1.10 bits per heavy atom. The number of amides is 1. The zero-order valence-electron chi connectivity index (χ0n) is 17.5. The smallest absolute Gasteiger partial charge is 0.255 e. The number of nitrogens with zero attached hydrogens (tertiary/aromatic N) is 4. The fourth-order valence-electron chi connectivity index (χ4n) is 3.93. The van der Waals surface area contributed by atoms with Crippen LogP contribution in [0, 0.1) is 6.92 Å². The van der Waals surface area contributed by atoms with Crippen LogP contribution < -0.4 is 5.32 Å². The van der Waals surface area contributed by atoms with Crippen molar-refractivity contribution in [1.29, 1.82) is 0 Å². The van der Waals surface area contributed by atoms with E-state index in [2.05, 4.69) is 39.7 Å². The Kier molecular flexibility index (Phi) is 5.65. The van der Waals surface area contributed by atoms with Gasteiger partial charge in [0.15, 0.2) is 0 Å². The Balaban J connectivity index is 1.55. The van der Waals surface area contributed by atoms with E-state index >= 15 is 0 Å². The maximum atomic E-state index is 12.6. The highest BCUT2D eigenvalue weighted by molar-refractivity contribution is 6.05. The topological polar surface area (TPSA) is 53.4 Å². The molecular weight excluding hydrogens is 362 g/mol. The van der Waals surface area contributed by atoms with Gasteiger partial charge in [-0.25, -0.2) is 4.98 Å². The van der Waals surface area contributed by atoms with E-state index in [0.29, 0.717) is 5.56 Å². The first-order valence-electron chi connectivity index (χ1n) is 10.3. The first kappa shape index (κ1) is 19.6. The number of hydrogen-bond acceptors (Lipinski definition) is 4. The molecule has 0 radical (unpaired) electrons. The minimum atomic E-state index is -0.0966. The molecule has 4 rings (SSSR count). The van der Waals surface area contributed by atoms with Gasteiger partial charge in [0.2, 0.25) is 0 Å². The number of nitrogens with one attached hydrogen (secondary N) is 1. The van der Waals surface area contributed by atoms with Crippen molar-refractivity contribution < 1.29 is 4.79 Å². The van der Waals surface area contributed by atoms with Gasteiger partial charge in [-0.05, 0) is 51.2 Å². The van der Waals surface area contributed by atoms with Gasteiger partial charge < -0.3 is 14.8 Å². The first-order chi connectivity index (χ1) is 14.0. The van der Waals surface area contributed by atoms with Gasteiger partial charge in [0.05, 0.1) is 17.6 Å². The molecule has 0 bridgehead atoms. The quantitative estimate of drug-likeness (QED) is 0.725. The Hall–Kier alpha value is -2.70. The number of carbonyl (C=O) groups excluding carboxylic acids is 1. The fraction of sp³-hybridized carbons (Fsp3) is 0.391. The summed E-state index contributed by atoms with van der Waals surface area (Å²) >= 11 is 0. The maximum Gasteiger partial charge on any atom is 0.255 e. The predicted octanol–water partition coefficient (Wildman–Crippen LogP) is 3.36. The lowest BCUT2D eigenvalue weighted by atomic mass is 10.1. The number of imidazole rings is 1. The molecule has 1 aliphatic heterocycles. The van der Waals surface area contributed by atoms with Crippen molar-refractivity contribution in [1.82, 2.24) is 19.4 Å². The highest BCUT2D eigenvalue weighted by atomic mass is 16.1. The highest BCUT2D eigenvalue weighted by Gasteiger charge is 2.18. The van der Waals surface area contributed by atoms with Crippen molar-refractivity contribution in [3.63, 3.8) is 0 Å². The fourth-order valence-corrected chi connectivity index (χ4v) is 3.93. The molecule has 1 N–H and O–H groups in total. The van der Waals surface area contributed by atoms with Crippen LogP contribution in [0.3, 0.4) is 0 Å². The third-order valence-corrected chi connectivity index (χ3v) is 5.64. The molecule has 152 valence electrons. The van der Waals surface area contributed by atoms with Crippen LogP contribution in [0.15, 0.2) is 42.5 Å². The van der Waals surface area contributed by atoms with E-state index in [4.69, 9.17) is 4.98 Å². The van der Waals surface area contributed by atoms with Crippen LogP contribution in [0.5, 0.6) is 0 Å². The number of anilines is 1. The highest BCUT2D eigenvalue weighted by Crippen LogP contribution is 2.22. The van der Waals surface area contributed by atoms with E-state index in [1.54, 1.807) is 0 Å². The molecule has 2 aromatic carbocycles. The van der Waals surface area contributed by atoms with Gasteiger partial charge in [0, 0.05) is 44.0 Å². The molecule has 0 aliphatic carbocycles. The lowest BCUT2D eigenvalue weighted by Gasteiger charge is -2.32. The summed E-state index contributed by atoms with van der Waals surface area (Å²) in [5.41, 5.74) is 4.56. The van der Waals surface area contributed by atoms with Gasteiger partial charge in [-0.15, -0.1) is 0 Å². The van der Waals surface area contributed by atoms with Gasteiger partial charge in [-0.3, -0.25) is 9.69 Å². The predicted molar refractivity (Wildman–Crippen MR) is 117 cm³/mol. The van der Waals surface area contributed by atoms with Crippen molar-refractivity contribution in [2.45, 2.75) is 26.9 Å². The number of aryl methyl sites for hydroxylation is 2. The molecule has 2 heterocycles. The van der Waals surface area contributed by atoms with Gasteiger partial charge >= 0.3 is 0 Å². The number of hydrogen-bond donors (Lipinski definition) is 1. The molecule has 29 heavy (non-hydrogen) atoms. The van der Waals surface area contributed by atoms with Crippen molar-refractivity contribution in [2.24, 2.45) is 0 Å². The van der Waals surface area contributed by atoms with Crippen LogP contribution in [0.25, 0.3) is 11.0 Å². The first-order valence-corrected chi connectivity index (χ1v) is 10.3. The Morgan fingerprint density at radius 3 is 2.62 bits per heavy atom. The molecular formula is C23H29N5O. The lowest BCUT2D eigenvalue weighted by Crippen LogP contribution is -2.44. The third-order valence-electron chi connectivity index (χ3n) is 5.64. The Labute approximate surface area is 172 Å². The molecule has 1 saturated heterocycles. The molecule has 6 nitrogen and oxygen atoms in total. The summed E-state index contributed by atoms with van der Waals surface area (Å²) in [5, 5.41) is 3.01. The molecule has 1 aromatic heterocycles. The molecule has 6 heteroatoms. The van der Waals surface area contributed by atoms with Crippen molar-refractivity contribution in [3.05, 3.63) is 59.4 Å². The van der Waals surface area contributed by atoms with Crippen LogP contribution in [0.2, 0.25) is 0 Å². The number of benzene rings is 2. The standard InChI is InChI=1S/C23H29N5O/c1-4-28-21-9-8-19(24-23(29)18-7-5-6-17(2)14-18)15-20(21)25-22(28)16-27-12-10-26(3)11-13-27/h5-9,14-15H,4,10-13,16H2,1-3H3,(H,24,29). The van der Waals surface area contributed by atoms with E-state index in [-0.39, 0.29) is 5.91 Å². The van der Waals surface area contributed by atoms with Gasteiger partial charge in [0.1, 0.15) is 5.82 Å². The molecule has 3 aromatic rings. The van der Waals surface area contributed by atoms with E-state index in [0.717, 1.165) is 67.4 Å². The zero-order valence-corrected chi connectivity index (χ0v) is 17.5. The number of aromatic nitrogens is 2. The molecule has 1 amide bonds. The van der Waals surface area contributed by atoms with Gasteiger partial charge in [0.25, 0.3) is 5.91 Å². The lowest BCUT2D eigenvalue weighted by molar-refractivity contribution is 0.102. The zero-order chi connectivity index (χ0) is 20.4. The largest absolute Gasteiger partial charge is 0.327 e.